The van der Waals surface area contributed by atoms with Gasteiger partial charge in [0.25, 0.3) is 0 Å². The van der Waals surface area contributed by atoms with Gasteiger partial charge in [-0.05, 0) is 123 Å². The fourth-order valence-corrected chi connectivity index (χ4v) is 8.02. The fourth-order valence-electron chi connectivity index (χ4n) is 8.02. The average Bonchev–Trinajstić information content (AvgIpc) is 3.68. The summed E-state index contributed by atoms with van der Waals surface area (Å²) in [6, 6.07) is 55.7. The molecule has 2 heteroatoms. The molecule has 0 amide bonds. The number of hydrogen-bond donors (Lipinski definition) is 0. The van der Waals surface area contributed by atoms with Crippen LogP contribution in [0.4, 0.5) is 0 Å². The number of rotatable bonds is 13. The van der Waals surface area contributed by atoms with Gasteiger partial charge in [0, 0.05) is 10.8 Å². The van der Waals surface area contributed by atoms with Gasteiger partial charge in [-0.3, -0.25) is 4.99 Å². The first-order chi connectivity index (χ1) is 29.9. The summed E-state index contributed by atoms with van der Waals surface area (Å²) in [5.41, 5.74) is 17.3. The smallest absolute Gasteiger partial charge is 0.135 e. The van der Waals surface area contributed by atoms with Gasteiger partial charge in [-0.15, -0.1) is 0 Å². The first-order valence-corrected chi connectivity index (χ1v) is 21.4. The minimum absolute atomic E-state index is 0.319. The van der Waals surface area contributed by atoms with E-state index < -0.39 is 0 Å². The molecule has 0 aliphatic rings. The van der Waals surface area contributed by atoms with E-state index in [-0.39, 0.29) is 6.04 Å². The number of nitrogens with zero attached hydrogens (tertiary/aromatic N) is 1. The third kappa shape index (κ3) is 9.40. The van der Waals surface area contributed by atoms with Crippen LogP contribution in [0.15, 0.2) is 211 Å². The Morgan fingerprint density at radius 3 is 1.89 bits per heavy atom. The fraction of sp³-hybridized carbons (Fsp3) is 0.136. The maximum atomic E-state index is 6.20. The molecule has 1 unspecified atom stereocenters. The van der Waals surface area contributed by atoms with Crippen molar-refractivity contribution < 1.29 is 4.42 Å². The second-order valence-electron chi connectivity index (χ2n) is 15.5. The summed E-state index contributed by atoms with van der Waals surface area (Å²) in [7, 11) is 0. The maximum absolute atomic E-state index is 6.20. The molecular formula is C59H55NO. The number of aliphatic imine (C=N–C) groups is 1. The van der Waals surface area contributed by atoms with Crippen molar-refractivity contribution in [2.24, 2.45) is 4.99 Å². The van der Waals surface area contributed by atoms with E-state index in [1.54, 1.807) is 6.08 Å². The lowest BCUT2D eigenvalue weighted by atomic mass is 9.86. The normalized spacial score (nSPS) is 12.1. The SMILES string of the molecule is C=C/C=C(\C=C)c1ccc(C(C=C)=NC(c2ccccc2)c2ccc(-c3ccc4oc5ccccc5c4c3)cc2-c2ccc(C)c(-c3ccccc3C)c2)cc1.CCCCC. The second-order valence-corrected chi connectivity index (χ2v) is 15.5. The zero-order valence-corrected chi connectivity index (χ0v) is 36.0. The Balaban J connectivity index is 0.00000106. The topological polar surface area (TPSA) is 25.5 Å². The third-order valence-corrected chi connectivity index (χ3v) is 11.4. The Kier molecular flexibility index (Phi) is 13.7. The Morgan fingerprint density at radius 2 is 1.18 bits per heavy atom. The van der Waals surface area contributed by atoms with Gasteiger partial charge in [0.2, 0.25) is 0 Å². The van der Waals surface area contributed by atoms with Gasteiger partial charge in [0.05, 0.1) is 5.71 Å². The molecule has 7 aromatic carbocycles. The quantitative estimate of drug-likeness (QED) is 0.0843. The highest BCUT2D eigenvalue weighted by Crippen LogP contribution is 2.41. The number of hydrogen-bond acceptors (Lipinski definition) is 2. The molecule has 0 aliphatic carbocycles. The van der Waals surface area contributed by atoms with Crippen LogP contribution in [-0.2, 0) is 0 Å². The van der Waals surface area contributed by atoms with E-state index in [0.29, 0.717) is 0 Å². The Labute approximate surface area is 362 Å². The maximum Gasteiger partial charge on any atom is 0.135 e. The Morgan fingerprint density at radius 1 is 0.557 bits per heavy atom. The highest BCUT2D eigenvalue weighted by Gasteiger charge is 2.21. The van der Waals surface area contributed by atoms with Crippen LogP contribution in [0, 0.1) is 13.8 Å². The van der Waals surface area contributed by atoms with Gasteiger partial charge in [-0.2, -0.15) is 0 Å². The first-order valence-electron chi connectivity index (χ1n) is 21.4. The minimum atomic E-state index is -0.319. The van der Waals surface area contributed by atoms with E-state index in [1.165, 1.54) is 41.5 Å². The number of aryl methyl sites for hydroxylation is 2. The number of furan rings is 1. The van der Waals surface area contributed by atoms with Gasteiger partial charge >= 0.3 is 0 Å². The number of para-hydroxylation sites is 1. The molecule has 0 fully saturated rings. The van der Waals surface area contributed by atoms with E-state index in [0.717, 1.165) is 77.7 Å². The Hall–Kier alpha value is -7.03. The van der Waals surface area contributed by atoms with Crippen LogP contribution in [0.25, 0.3) is 60.9 Å². The number of allylic oxidation sites excluding steroid dienone is 5. The summed E-state index contributed by atoms with van der Waals surface area (Å²) in [5, 5.41) is 2.22. The number of benzene rings is 7. The molecule has 0 saturated heterocycles. The molecule has 0 radical (unpaired) electrons. The molecule has 0 N–H and O–H groups in total. The van der Waals surface area contributed by atoms with Crippen molar-refractivity contribution in [3.05, 3.63) is 235 Å². The van der Waals surface area contributed by atoms with Crippen LogP contribution < -0.4 is 0 Å². The van der Waals surface area contributed by atoms with Gasteiger partial charge in [0.15, 0.2) is 0 Å². The molecule has 1 atom stereocenters. The lowest BCUT2D eigenvalue weighted by Crippen LogP contribution is -2.06. The van der Waals surface area contributed by atoms with Crippen LogP contribution in [0.5, 0.6) is 0 Å². The summed E-state index contributed by atoms with van der Waals surface area (Å²) in [5.74, 6) is 0. The van der Waals surface area contributed by atoms with E-state index in [9.17, 15) is 0 Å². The Bertz CT molecular complexity index is 2860. The summed E-state index contributed by atoms with van der Waals surface area (Å²) in [4.78, 5) is 5.54. The lowest BCUT2D eigenvalue weighted by Gasteiger charge is -2.21. The molecular weight excluding hydrogens is 739 g/mol. The third-order valence-electron chi connectivity index (χ3n) is 11.4. The number of fused-ring (bicyclic) bond motifs is 3. The molecule has 1 aromatic heterocycles. The van der Waals surface area contributed by atoms with Crippen molar-refractivity contribution in [1.29, 1.82) is 0 Å². The van der Waals surface area contributed by atoms with E-state index in [2.05, 4.69) is 193 Å². The van der Waals surface area contributed by atoms with Crippen LogP contribution in [0.2, 0.25) is 0 Å². The summed E-state index contributed by atoms with van der Waals surface area (Å²) in [6.07, 6.45) is 11.5. The van der Waals surface area contributed by atoms with Gasteiger partial charge < -0.3 is 4.42 Å². The highest BCUT2D eigenvalue weighted by atomic mass is 16.3. The molecule has 61 heavy (non-hydrogen) atoms. The van der Waals surface area contributed by atoms with Crippen molar-refractivity contribution in [3.63, 3.8) is 0 Å². The van der Waals surface area contributed by atoms with Crippen LogP contribution in [0.1, 0.15) is 72.5 Å². The van der Waals surface area contributed by atoms with Crippen molar-refractivity contribution in [3.8, 4) is 33.4 Å². The minimum Gasteiger partial charge on any atom is -0.456 e. The van der Waals surface area contributed by atoms with Crippen LogP contribution in [-0.4, -0.2) is 5.71 Å². The highest BCUT2D eigenvalue weighted by molar-refractivity contribution is 6.09. The van der Waals surface area contributed by atoms with Crippen LogP contribution in [0.3, 0.4) is 0 Å². The predicted molar refractivity (Wildman–Crippen MR) is 265 cm³/mol. The van der Waals surface area contributed by atoms with Crippen molar-refractivity contribution in [2.45, 2.75) is 53.0 Å². The predicted octanol–water partition coefficient (Wildman–Crippen LogP) is 16.9. The van der Waals surface area contributed by atoms with E-state index in [4.69, 9.17) is 9.41 Å². The molecule has 0 aliphatic heterocycles. The molecule has 2 nitrogen and oxygen atoms in total. The average molecular weight is 794 g/mol. The molecule has 8 rings (SSSR count). The van der Waals surface area contributed by atoms with Crippen LogP contribution >= 0.6 is 0 Å². The standard InChI is InChI=1S/C54H43NO.C5H12/c1-6-16-38(7-2)39-25-27-40(28-26-39)51(8-3)55-54(41-18-10-9-11-19-41)47-31-29-42(43-30-32-53-50(34-43)46-21-14-15-22-52(46)56-53)33-49(47)44-24-23-37(5)48(35-44)45-20-13-12-17-36(45)4;1-3-5-4-2/h6-35,54H,1-3H2,4-5H3;3-5H2,1-2H3/b38-16+,55-51?;. The molecule has 302 valence electrons. The van der Waals surface area contributed by atoms with E-state index >= 15 is 0 Å². The molecule has 0 spiro atoms. The van der Waals surface area contributed by atoms with Gasteiger partial charge in [0.1, 0.15) is 17.2 Å². The lowest BCUT2D eigenvalue weighted by molar-refractivity contribution is 0.669. The summed E-state index contributed by atoms with van der Waals surface area (Å²) < 4.78 is 6.20. The molecule has 0 saturated carbocycles. The van der Waals surface area contributed by atoms with E-state index in [1.807, 2.05) is 30.4 Å². The monoisotopic (exact) mass is 793 g/mol. The zero-order chi connectivity index (χ0) is 42.7. The molecule has 0 bridgehead atoms. The second kappa shape index (κ2) is 19.8. The van der Waals surface area contributed by atoms with Crippen molar-refractivity contribution in [1.82, 2.24) is 0 Å². The number of unbranched alkanes of at least 4 members (excludes halogenated alkanes) is 2. The molecule has 1 heterocycles. The zero-order valence-electron chi connectivity index (χ0n) is 36.0. The van der Waals surface area contributed by atoms with Crippen molar-refractivity contribution in [2.75, 3.05) is 0 Å². The largest absolute Gasteiger partial charge is 0.456 e. The molecule has 8 aromatic rings. The van der Waals surface area contributed by atoms with Crippen molar-refractivity contribution >= 4 is 33.2 Å². The summed E-state index contributed by atoms with van der Waals surface area (Å²) in [6.45, 7) is 20.9. The first kappa shape index (κ1) is 42.1. The van der Waals surface area contributed by atoms with Gasteiger partial charge in [-0.1, -0.05) is 198 Å². The summed E-state index contributed by atoms with van der Waals surface area (Å²) >= 11 is 0. The van der Waals surface area contributed by atoms with Gasteiger partial charge in [-0.25, -0.2) is 0 Å².